The molecule has 1 atom stereocenters. The van der Waals surface area contributed by atoms with Gasteiger partial charge in [-0.05, 0) is 29.9 Å². The minimum Gasteiger partial charge on any atom is -0.126 e. The molecule has 1 aliphatic rings. The maximum absolute atomic E-state index is 6.13. The van der Waals surface area contributed by atoms with Crippen LogP contribution in [-0.2, 0) is 6.42 Å². The predicted octanol–water partition coefficient (Wildman–Crippen LogP) is 5.04. The Hall–Kier alpha value is -0.0100. The Bertz CT molecular complexity index is 331. The van der Waals surface area contributed by atoms with Gasteiger partial charge in [-0.1, -0.05) is 59.8 Å². The molecule has 88 valence electrons. The van der Waals surface area contributed by atoms with Crippen molar-refractivity contribution in [2.75, 3.05) is 5.88 Å². The molecular weight excluding hydrogens is 284 g/mol. The van der Waals surface area contributed by atoms with Crippen molar-refractivity contribution in [2.24, 2.45) is 11.8 Å². The van der Waals surface area contributed by atoms with E-state index >= 15 is 0 Å². The molecule has 16 heavy (non-hydrogen) atoms. The van der Waals surface area contributed by atoms with E-state index < -0.39 is 0 Å². The quantitative estimate of drug-likeness (QED) is 0.684. The first-order valence-electron chi connectivity index (χ1n) is 6.10. The molecule has 0 bridgehead atoms. The van der Waals surface area contributed by atoms with Gasteiger partial charge in [0.25, 0.3) is 0 Å². The van der Waals surface area contributed by atoms with Gasteiger partial charge in [0.2, 0.25) is 0 Å². The van der Waals surface area contributed by atoms with Gasteiger partial charge < -0.3 is 0 Å². The van der Waals surface area contributed by atoms with Gasteiger partial charge in [-0.3, -0.25) is 0 Å². The summed E-state index contributed by atoms with van der Waals surface area (Å²) in [5.74, 6) is 2.30. The molecule has 0 aromatic heterocycles. The van der Waals surface area contributed by atoms with Crippen LogP contribution in [0.5, 0.6) is 0 Å². The van der Waals surface area contributed by atoms with E-state index in [1.54, 1.807) is 0 Å². The highest BCUT2D eigenvalue weighted by molar-refractivity contribution is 9.10. The lowest BCUT2D eigenvalue weighted by Crippen LogP contribution is -2.16. The largest absolute Gasteiger partial charge is 0.126 e. The van der Waals surface area contributed by atoms with E-state index in [1.165, 1.54) is 35.7 Å². The van der Waals surface area contributed by atoms with Crippen LogP contribution in [0.15, 0.2) is 28.7 Å². The summed E-state index contributed by atoms with van der Waals surface area (Å²) >= 11 is 9.75. The van der Waals surface area contributed by atoms with Crippen molar-refractivity contribution in [1.82, 2.24) is 0 Å². The average molecular weight is 302 g/mol. The molecule has 1 aliphatic carbocycles. The van der Waals surface area contributed by atoms with Gasteiger partial charge in [-0.15, -0.1) is 11.6 Å². The minimum absolute atomic E-state index is 0.655. The zero-order valence-electron chi connectivity index (χ0n) is 9.46. The molecule has 1 fully saturated rings. The minimum atomic E-state index is 0.655. The number of halogens is 2. The molecule has 0 nitrogen and oxygen atoms in total. The molecule has 2 heteroatoms. The first-order chi connectivity index (χ1) is 7.81. The summed E-state index contributed by atoms with van der Waals surface area (Å²) in [6.07, 6.45) is 6.67. The van der Waals surface area contributed by atoms with Crippen molar-refractivity contribution in [2.45, 2.75) is 32.1 Å². The van der Waals surface area contributed by atoms with E-state index in [0.717, 1.165) is 18.2 Å². The normalized spacial score (nSPS) is 18.9. The molecule has 1 saturated carbocycles. The lowest BCUT2D eigenvalue weighted by atomic mass is 9.87. The van der Waals surface area contributed by atoms with Gasteiger partial charge in [0.1, 0.15) is 0 Å². The Morgan fingerprint density at radius 3 is 2.56 bits per heavy atom. The number of benzene rings is 1. The molecule has 0 heterocycles. The van der Waals surface area contributed by atoms with E-state index in [1.807, 2.05) is 0 Å². The monoisotopic (exact) mass is 300 g/mol. The zero-order chi connectivity index (χ0) is 11.4. The summed E-state index contributed by atoms with van der Waals surface area (Å²) < 4.78 is 1.23. The van der Waals surface area contributed by atoms with Crippen molar-refractivity contribution in [3.05, 3.63) is 34.3 Å². The predicted molar refractivity (Wildman–Crippen MR) is 74.0 cm³/mol. The van der Waals surface area contributed by atoms with Gasteiger partial charge in [-0.25, -0.2) is 0 Å². The van der Waals surface area contributed by atoms with Crippen molar-refractivity contribution < 1.29 is 0 Å². The summed E-state index contributed by atoms with van der Waals surface area (Å²) in [4.78, 5) is 0. The molecule has 1 unspecified atom stereocenters. The smallest absolute Gasteiger partial charge is 0.0257 e. The maximum atomic E-state index is 6.13. The van der Waals surface area contributed by atoms with Crippen LogP contribution in [0, 0.1) is 11.8 Å². The van der Waals surface area contributed by atoms with Gasteiger partial charge in [0.05, 0.1) is 0 Å². The van der Waals surface area contributed by atoms with Crippen LogP contribution < -0.4 is 0 Å². The molecule has 0 radical (unpaired) electrons. The standard InChI is InChI=1S/C14H18BrCl/c15-14-8-4-3-7-12(14)9-13(10-16)11-5-1-2-6-11/h3-4,7-8,11,13H,1-2,5-6,9-10H2. The van der Waals surface area contributed by atoms with E-state index in [9.17, 15) is 0 Å². The fourth-order valence-corrected chi connectivity index (χ4v) is 3.53. The highest BCUT2D eigenvalue weighted by Crippen LogP contribution is 2.34. The van der Waals surface area contributed by atoms with E-state index in [2.05, 4.69) is 40.2 Å². The Labute approximate surface area is 112 Å². The second-order valence-electron chi connectivity index (χ2n) is 4.75. The van der Waals surface area contributed by atoms with Crippen LogP contribution in [0.4, 0.5) is 0 Å². The van der Waals surface area contributed by atoms with Crippen LogP contribution in [0.1, 0.15) is 31.2 Å². The molecule has 0 saturated heterocycles. The van der Waals surface area contributed by atoms with Crippen LogP contribution in [0.25, 0.3) is 0 Å². The Balaban J connectivity index is 2.03. The number of rotatable bonds is 4. The van der Waals surface area contributed by atoms with Crippen molar-refractivity contribution >= 4 is 27.5 Å². The summed E-state index contributed by atoms with van der Waals surface area (Å²) in [7, 11) is 0. The van der Waals surface area contributed by atoms with Crippen LogP contribution in [0.2, 0.25) is 0 Å². The summed E-state index contributed by atoms with van der Waals surface area (Å²) in [6.45, 7) is 0. The van der Waals surface area contributed by atoms with E-state index in [0.29, 0.717) is 5.92 Å². The van der Waals surface area contributed by atoms with Gasteiger partial charge in [0.15, 0.2) is 0 Å². The molecule has 0 N–H and O–H groups in total. The fraction of sp³-hybridized carbons (Fsp3) is 0.571. The number of hydrogen-bond acceptors (Lipinski definition) is 0. The van der Waals surface area contributed by atoms with Crippen LogP contribution in [-0.4, -0.2) is 5.88 Å². The van der Waals surface area contributed by atoms with Gasteiger partial charge in [0, 0.05) is 10.4 Å². The van der Waals surface area contributed by atoms with Gasteiger partial charge >= 0.3 is 0 Å². The molecular formula is C14H18BrCl. The summed E-state index contributed by atoms with van der Waals surface area (Å²) in [5.41, 5.74) is 1.40. The third-order valence-electron chi connectivity index (χ3n) is 3.70. The Morgan fingerprint density at radius 2 is 1.94 bits per heavy atom. The number of hydrogen-bond donors (Lipinski definition) is 0. The fourth-order valence-electron chi connectivity index (χ4n) is 2.72. The highest BCUT2D eigenvalue weighted by Gasteiger charge is 2.24. The lowest BCUT2D eigenvalue weighted by molar-refractivity contribution is 0.369. The molecule has 0 spiro atoms. The Kier molecular flexibility index (Phi) is 4.72. The van der Waals surface area contributed by atoms with Crippen LogP contribution >= 0.6 is 27.5 Å². The first-order valence-corrected chi connectivity index (χ1v) is 7.43. The van der Waals surface area contributed by atoms with E-state index in [4.69, 9.17) is 11.6 Å². The van der Waals surface area contributed by atoms with Crippen molar-refractivity contribution in [1.29, 1.82) is 0 Å². The average Bonchev–Trinajstić information content (AvgIpc) is 2.81. The second kappa shape index (κ2) is 6.07. The molecule has 0 aliphatic heterocycles. The third-order valence-corrected chi connectivity index (χ3v) is 4.87. The summed E-state index contributed by atoms with van der Waals surface area (Å²) in [5, 5.41) is 0. The maximum Gasteiger partial charge on any atom is 0.0257 e. The SMILES string of the molecule is ClCC(Cc1ccccc1Br)C1CCCC1. The zero-order valence-corrected chi connectivity index (χ0v) is 11.8. The van der Waals surface area contributed by atoms with Crippen molar-refractivity contribution in [3.63, 3.8) is 0 Å². The Morgan fingerprint density at radius 1 is 1.25 bits per heavy atom. The molecule has 0 amide bonds. The second-order valence-corrected chi connectivity index (χ2v) is 5.92. The highest BCUT2D eigenvalue weighted by atomic mass is 79.9. The topological polar surface area (TPSA) is 0 Å². The van der Waals surface area contributed by atoms with E-state index in [-0.39, 0.29) is 0 Å². The molecule has 2 rings (SSSR count). The molecule has 1 aromatic rings. The van der Waals surface area contributed by atoms with Gasteiger partial charge in [-0.2, -0.15) is 0 Å². The number of alkyl halides is 1. The van der Waals surface area contributed by atoms with Crippen LogP contribution in [0.3, 0.4) is 0 Å². The first kappa shape index (κ1) is 12.4. The summed E-state index contributed by atoms with van der Waals surface area (Å²) in [6, 6.07) is 8.51. The third kappa shape index (κ3) is 3.01. The molecule has 1 aromatic carbocycles. The lowest BCUT2D eigenvalue weighted by Gasteiger charge is -2.21. The van der Waals surface area contributed by atoms with Crippen molar-refractivity contribution in [3.8, 4) is 0 Å².